The number of hydrogen-bond acceptors (Lipinski definition) is 1. The first kappa shape index (κ1) is 37.3. The van der Waals surface area contributed by atoms with Crippen molar-refractivity contribution in [2.75, 3.05) is 4.90 Å². The van der Waals surface area contributed by atoms with E-state index < -0.39 is 0 Å². The van der Waals surface area contributed by atoms with E-state index in [1.165, 1.54) is 50.1 Å². The largest absolute Gasteiger partial charge is 0.310 e. The Bertz CT molecular complexity index is 2900. The molecule has 61 heavy (non-hydrogen) atoms. The van der Waals surface area contributed by atoms with Gasteiger partial charge in [-0.1, -0.05) is 200 Å². The molecule has 0 fully saturated rings. The van der Waals surface area contributed by atoms with Crippen LogP contribution >= 0.6 is 0 Å². The summed E-state index contributed by atoms with van der Waals surface area (Å²) in [7, 11) is 0. The summed E-state index contributed by atoms with van der Waals surface area (Å²) in [5.74, 6) is 0. The van der Waals surface area contributed by atoms with Gasteiger partial charge in [-0.3, -0.25) is 0 Å². The van der Waals surface area contributed by atoms with Gasteiger partial charge in [0.1, 0.15) is 0 Å². The summed E-state index contributed by atoms with van der Waals surface area (Å²) in [6.07, 6.45) is 0. The minimum Gasteiger partial charge on any atom is -0.310 e. The van der Waals surface area contributed by atoms with Crippen LogP contribution in [0.4, 0.5) is 17.1 Å². The zero-order valence-electron chi connectivity index (χ0n) is 33.8. The van der Waals surface area contributed by atoms with Crippen molar-refractivity contribution in [2.24, 2.45) is 0 Å². The third-order valence-corrected chi connectivity index (χ3v) is 11.4. The zero-order chi connectivity index (χ0) is 40.8. The first-order valence-corrected chi connectivity index (χ1v) is 20.9. The Hall–Kier alpha value is -8.00. The molecule has 0 aromatic heterocycles. The second-order valence-electron chi connectivity index (χ2n) is 15.4. The monoisotopic (exact) mass is 777 g/mol. The second kappa shape index (κ2) is 17.1. The van der Waals surface area contributed by atoms with E-state index in [0.29, 0.717) is 0 Å². The zero-order valence-corrected chi connectivity index (χ0v) is 33.8. The van der Waals surface area contributed by atoms with Crippen LogP contribution in [0.3, 0.4) is 0 Å². The van der Waals surface area contributed by atoms with Gasteiger partial charge in [0.15, 0.2) is 0 Å². The summed E-state index contributed by atoms with van der Waals surface area (Å²) in [6, 6.07) is 94.2. The fourth-order valence-electron chi connectivity index (χ4n) is 8.34. The van der Waals surface area contributed by atoms with E-state index >= 15 is 0 Å². The van der Waals surface area contributed by atoms with Gasteiger partial charge < -0.3 is 4.90 Å². The molecule has 0 aliphatic rings. The van der Waals surface area contributed by atoms with Crippen molar-refractivity contribution in [3.63, 3.8) is 0 Å². The Labute approximate surface area is 359 Å². The van der Waals surface area contributed by atoms with Crippen LogP contribution in [0.25, 0.3) is 77.9 Å². The van der Waals surface area contributed by atoms with Crippen molar-refractivity contribution in [1.82, 2.24) is 0 Å². The van der Waals surface area contributed by atoms with Gasteiger partial charge in [0.2, 0.25) is 0 Å². The van der Waals surface area contributed by atoms with Gasteiger partial charge in [0, 0.05) is 16.9 Å². The molecule has 288 valence electrons. The van der Waals surface area contributed by atoms with E-state index in [1.807, 2.05) is 0 Å². The first-order chi connectivity index (χ1) is 30.2. The normalized spacial score (nSPS) is 11.0. The average molecular weight is 778 g/mol. The molecule has 0 atom stereocenters. The lowest BCUT2D eigenvalue weighted by Gasteiger charge is -2.29. The summed E-state index contributed by atoms with van der Waals surface area (Å²) >= 11 is 0. The molecule has 0 radical (unpaired) electrons. The van der Waals surface area contributed by atoms with Crippen LogP contribution in [-0.2, 0) is 0 Å². The number of rotatable bonds is 10. The Kier molecular flexibility index (Phi) is 10.4. The molecule has 10 aromatic carbocycles. The molecule has 0 aliphatic carbocycles. The molecule has 1 heteroatoms. The maximum atomic E-state index is 2.44. The highest BCUT2D eigenvalue weighted by molar-refractivity contribution is 5.94. The fraction of sp³-hybridized carbons (Fsp3) is 0. The van der Waals surface area contributed by atoms with Crippen molar-refractivity contribution in [2.45, 2.75) is 0 Å². The molecule has 0 aliphatic heterocycles. The summed E-state index contributed by atoms with van der Waals surface area (Å²) < 4.78 is 0. The number of benzene rings is 10. The van der Waals surface area contributed by atoms with Crippen LogP contribution in [0.2, 0.25) is 0 Å². The first-order valence-electron chi connectivity index (χ1n) is 20.9. The molecule has 0 N–H and O–H groups in total. The molecular weight excluding hydrogens is 735 g/mol. The van der Waals surface area contributed by atoms with Crippen LogP contribution in [-0.4, -0.2) is 0 Å². The summed E-state index contributed by atoms with van der Waals surface area (Å²) in [4.78, 5) is 2.44. The number of nitrogens with zero attached hydrogens (tertiary/aromatic N) is 1. The van der Waals surface area contributed by atoms with E-state index in [1.54, 1.807) is 0 Å². The third kappa shape index (κ3) is 8.06. The van der Waals surface area contributed by atoms with Crippen molar-refractivity contribution in [3.05, 3.63) is 261 Å². The van der Waals surface area contributed by atoms with E-state index in [2.05, 4.69) is 266 Å². The molecular formula is C60H43N. The van der Waals surface area contributed by atoms with Crippen LogP contribution in [0.5, 0.6) is 0 Å². The maximum absolute atomic E-state index is 2.44. The minimum atomic E-state index is 1.08. The van der Waals surface area contributed by atoms with Gasteiger partial charge >= 0.3 is 0 Å². The average Bonchev–Trinajstić information content (AvgIpc) is 3.36. The highest BCUT2D eigenvalue weighted by Crippen LogP contribution is 2.46. The van der Waals surface area contributed by atoms with E-state index in [0.717, 1.165) is 44.9 Å². The SMILES string of the molecule is c1ccc(-c2ccc(N(c3cc(-c4ccccc4)cc(-c4ccccc4)c3)c3ccc(-c4cc(-c5ccccc5)cc(-c5ccccc5)c4)cc3-c3ccccc3)cc2)cc1. The molecule has 10 aromatic rings. The van der Waals surface area contributed by atoms with E-state index in [-0.39, 0.29) is 0 Å². The van der Waals surface area contributed by atoms with Crippen molar-refractivity contribution in [3.8, 4) is 77.9 Å². The Morgan fingerprint density at radius 3 is 0.869 bits per heavy atom. The Morgan fingerprint density at radius 2 is 0.475 bits per heavy atom. The highest BCUT2D eigenvalue weighted by atomic mass is 15.1. The predicted molar refractivity (Wildman–Crippen MR) is 259 cm³/mol. The second-order valence-corrected chi connectivity index (χ2v) is 15.4. The van der Waals surface area contributed by atoms with Gasteiger partial charge in [-0.25, -0.2) is 0 Å². The molecule has 0 bridgehead atoms. The van der Waals surface area contributed by atoms with Crippen LogP contribution in [0.15, 0.2) is 261 Å². The van der Waals surface area contributed by atoms with E-state index in [9.17, 15) is 0 Å². The maximum Gasteiger partial charge on any atom is 0.0540 e. The third-order valence-electron chi connectivity index (χ3n) is 11.4. The molecule has 0 unspecified atom stereocenters. The number of hydrogen-bond donors (Lipinski definition) is 0. The number of anilines is 3. The molecule has 0 saturated carbocycles. The van der Waals surface area contributed by atoms with Crippen molar-refractivity contribution < 1.29 is 0 Å². The molecule has 0 amide bonds. The minimum absolute atomic E-state index is 1.08. The predicted octanol–water partition coefficient (Wildman–Crippen LogP) is 16.8. The molecule has 0 saturated heterocycles. The molecule has 10 rings (SSSR count). The van der Waals surface area contributed by atoms with Crippen molar-refractivity contribution in [1.29, 1.82) is 0 Å². The lowest BCUT2D eigenvalue weighted by molar-refractivity contribution is 1.28. The summed E-state index contributed by atoms with van der Waals surface area (Å²) in [6.45, 7) is 0. The smallest absolute Gasteiger partial charge is 0.0540 e. The highest BCUT2D eigenvalue weighted by Gasteiger charge is 2.21. The summed E-state index contributed by atoms with van der Waals surface area (Å²) in [5.41, 5.74) is 19.7. The van der Waals surface area contributed by atoms with Crippen LogP contribution in [0.1, 0.15) is 0 Å². The van der Waals surface area contributed by atoms with Gasteiger partial charge in [-0.05, 0) is 133 Å². The van der Waals surface area contributed by atoms with Gasteiger partial charge in [-0.15, -0.1) is 0 Å². The molecule has 0 spiro atoms. The molecule has 1 nitrogen and oxygen atoms in total. The fourth-order valence-corrected chi connectivity index (χ4v) is 8.34. The quantitative estimate of drug-likeness (QED) is 0.134. The van der Waals surface area contributed by atoms with Gasteiger partial charge in [0.05, 0.1) is 5.69 Å². The Morgan fingerprint density at radius 1 is 0.180 bits per heavy atom. The lowest BCUT2D eigenvalue weighted by Crippen LogP contribution is -2.12. The lowest BCUT2D eigenvalue weighted by atomic mass is 9.91. The van der Waals surface area contributed by atoms with Crippen LogP contribution < -0.4 is 4.90 Å². The topological polar surface area (TPSA) is 3.24 Å². The van der Waals surface area contributed by atoms with Gasteiger partial charge in [-0.2, -0.15) is 0 Å². The van der Waals surface area contributed by atoms with Crippen LogP contribution in [0, 0.1) is 0 Å². The Balaban J connectivity index is 1.20. The summed E-state index contributed by atoms with van der Waals surface area (Å²) in [5, 5.41) is 0. The molecule has 0 heterocycles. The van der Waals surface area contributed by atoms with Gasteiger partial charge in [0.25, 0.3) is 0 Å². The van der Waals surface area contributed by atoms with E-state index in [4.69, 9.17) is 0 Å². The van der Waals surface area contributed by atoms with Crippen molar-refractivity contribution >= 4 is 17.1 Å². The standard InChI is InChI=1S/C60H43N/c1-7-19-44(20-8-1)49-31-34-57(35-32-49)61(58-41-55(47-25-13-4-14-26-47)40-56(42-58)48-27-15-5-16-28-48)60-36-33-51(43-59(60)50-29-17-6-18-30-50)54-38-52(45-21-9-2-10-22-45)37-53(39-54)46-23-11-3-12-24-46/h1-43H.